The minimum absolute atomic E-state index is 0.393. The molecular weight excluding hydrogens is 286 g/mol. The zero-order chi connectivity index (χ0) is 15.2. The third kappa shape index (κ3) is 5.26. The predicted octanol–water partition coefficient (Wildman–Crippen LogP) is 2.06. The molecule has 118 valence electrons. The van der Waals surface area contributed by atoms with Crippen molar-refractivity contribution in [2.75, 3.05) is 13.2 Å². The molecule has 1 heterocycles. The molecule has 3 atom stereocenters. The maximum atomic E-state index is 10.2. The zero-order valence-electron chi connectivity index (χ0n) is 13.0. The number of rotatable bonds is 6. The number of likely N-dealkylation sites (tertiary alicyclic amines) is 1. The number of piperidine rings is 1. The zero-order valence-corrected chi connectivity index (χ0v) is 13.8. The molecule has 1 saturated heterocycles. The van der Waals surface area contributed by atoms with Crippen LogP contribution >= 0.6 is 11.6 Å². The monoisotopic (exact) mass is 312 g/mol. The smallest absolute Gasteiger partial charge is 0.126 e. The number of hydrogen-bond donors (Lipinski definition) is 2. The van der Waals surface area contributed by atoms with E-state index in [0.29, 0.717) is 25.3 Å². The van der Waals surface area contributed by atoms with E-state index >= 15 is 0 Å². The first-order valence-electron chi connectivity index (χ1n) is 7.92. The van der Waals surface area contributed by atoms with Gasteiger partial charge in [-0.15, -0.1) is 0 Å². The largest absolute Gasteiger partial charge is 0.385 e. The fraction of sp³-hybridized carbons (Fsp3) is 0.647. The highest BCUT2D eigenvalue weighted by atomic mass is 35.5. The first-order valence-corrected chi connectivity index (χ1v) is 8.30. The van der Waals surface area contributed by atoms with Crippen LogP contribution < -0.4 is 4.90 Å². The van der Waals surface area contributed by atoms with Crippen molar-refractivity contribution < 1.29 is 14.7 Å². The van der Waals surface area contributed by atoms with Crippen LogP contribution in [0, 0.1) is 0 Å². The lowest BCUT2D eigenvalue weighted by atomic mass is 9.97. The summed E-state index contributed by atoms with van der Waals surface area (Å²) in [5.41, 5.74) is 1.08. The number of halogens is 1. The second-order valence-electron chi connectivity index (χ2n) is 6.31. The molecule has 2 N–H and O–H groups in total. The van der Waals surface area contributed by atoms with Gasteiger partial charge in [-0.2, -0.15) is 0 Å². The Labute approximate surface area is 132 Å². The van der Waals surface area contributed by atoms with Gasteiger partial charge in [-0.1, -0.05) is 23.7 Å². The van der Waals surface area contributed by atoms with Crippen molar-refractivity contribution in [2.45, 2.75) is 57.9 Å². The first kappa shape index (κ1) is 16.8. The normalized spacial score (nSPS) is 25.0. The Bertz CT molecular complexity index is 413. The maximum absolute atomic E-state index is 10.2. The minimum Gasteiger partial charge on any atom is -0.385 e. The molecule has 0 aliphatic carbocycles. The Balaban J connectivity index is 1.71. The molecule has 3 nitrogen and oxygen atoms in total. The van der Waals surface area contributed by atoms with Crippen LogP contribution in [0.4, 0.5) is 0 Å². The van der Waals surface area contributed by atoms with Gasteiger partial charge in [-0.05, 0) is 50.8 Å². The minimum atomic E-state index is -0.393. The molecule has 0 radical (unpaired) electrons. The van der Waals surface area contributed by atoms with Gasteiger partial charge in [-0.25, -0.2) is 0 Å². The van der Waals surface area contributed by atoms with Gasteiger partial charge in [0, 0.05) is 5.02 Å². The van der Waals surface area contributed by atoms with Crippen LogP contribution in [0.1, 0.15) is 38.7 Å². The maximum Gasteiger partial charge on any atom is 0.126 e. The van der Waals surface area contributed by atoms with Crippen LogP contribution in [0.5, 0.6) is 0 Å². The number of nitrogens with one attached hydrogen (secondary N) is 1. The van der Waals surface area contributed by atoms with Gasteiger partial charge < -0.3 is 14.7 Å². The second kappa shape index (κ2) is 8.14. The van der Waals surface area contributed by atoms with Gasteiger partial charge in [0.2, 0.25) is 0 Å². The predicted molar refractivity (Wildman–Crippen MR) is 85.7 cm³/mol. The lowest BCUT2D eigenvalue weighted by Crippen LogP contribution is -3.20. The topological polar surface area (TPSA) is 33.9 Å². The molecule has 1 aliphatic rings. The van der Waals surface area contributed by atoms with Gasteiger partial charge in [0.25, 0.3) is 0 Å². The molecule has 4 heteroatoms. The van der Waals surface area contributed by atoms with E-state index in [1.165, 1.54) is 24.2 Å². The van der Waals surface area contributed by atoms with Gasteiger partial charge in [0.15, 0.2) is 0 Å². The summed E-state index contributed by atoms with van der Waals surface area (Å²) in [6.45, 7) is 6.27. The molecule has 1 fully saturated rings. The summed E-state index contributed by atoms with van der Waals surface area (Å²) in [7, 11) is 0. The van der Waals surface area contributed by atoms with Crippen molar-refractivity contribution >= 4 is 11.6 Å². The number of quaternary nitrogens is 1. The summed E-state index contributed by atoms with van der Waals surface area (Å²) in [6.07, 6.45) is 3.45. The molecule has 1 aromatic carbocycles. The van der Waals surface area contributed by atoms with Crippen molar-refractivity contribution in [3.63, 3.8) is 0 Å². The van der Waals surface area contributed by atoms with Crippen molar-refractivity contribution in [3.8, 4) is 0 Å². The van der Waals surface area contributed by atoms with Crippen molar-refractivity contribution in [3.05, 3.63) is 34.9 Å². The van der Waals surface area contributed by atoms with E-state index in [1.807, 2.05) is 24.3 Å². The standard InChI is InChI=1S/C17H26ClNO2/c1-13-4-3-5-14(2)19(13)10-17(20)12-21-11-15-6-8-16(18)9-7-15/h6-9,13-14,17,20H,3-5,10-12H2,1-2H3/p+1/t13-,14-,17+/m1/s1. The van der Waals surface area contributed by atoms with Crippen molar-refractivity contribution in [1.82, 2.24) is 0 Å². The van der Waals surface area contributed by atoms with Gasteiger partial charge in [0.05, 0.1) is 25.3 Å². The summed E-state index contributed by atoms with van der Waals surface area (Å²) in [4.78, 5) is 1.52. The van der Waals surface area contributed by atoms with Gasteiger partial charge in [0.1, 0.15) is 12.6 Å². The average molecular weight is 313 g/mol. The number of ether oxygens (including phenoxy) is 1. The van der Waals surface area contributed by atoms with Crippen molar-refractivity contribution in [1.29, 1.82) is 0 Å². The van der Waals surface area contributed by atoms with E-state index < -0.39 is 6.10 Å². The molecule has 0 saturated carbocycles. The quantitative estimate of drug-likeness (QED) is 0.843. The number of aliphatic hydroxyl groups excluding tert-OH is 1. The molecule has 1 aliphatic heterocycles. The molecule has 21 heavy (non-hydrogen) atoms. The summed E-state index contributed by atoms with van der Waals surface area (Å²) in [5, 5.41) is 10.9. The Morgan fingerprint density at radius 1 is 1.24 bits per heavy atom. The van der Waals surface area contributed by atoms with E-state index in [4.69, 9.17) is 16.3 Å². The van der Waals surface area contributed by atoms with E-state index in [0.717, 1.165) is 17.1 Å². The van der Waals surface area contributed by atoms with Crippen LogP contribution in [0.25, 0.3) is 0 Å². The first-order chi connectivity index (χ1) is 10.1. The lowest BCUT2D eigenvalue weighted by molar-refractivity contribution is -0.954. The number of hydrogen-bond acceptors (Lipinski definition) is 2. The summed E-state index contributed by atoms with van der Waals surface area (Å²) in [6, 6.07) is 8.90. The molecular formula is C17H27ClNO2+. The van der Waals surface area contributed by atoms with E-state index in [2.05, 4.69) is 13.8 Å². The Kier molecular flexibility index (Phi) is 6.49. The van der Waals surface area contributed by atoms with Gasteiger partial charge in [-0.3, -0.25) is 0 Å². The van der Waals surface area contributed by atoms with Crippen molar-refractivity contribution in [2.24, 2.45) is 0 Å². The number of benzene rings is 1. The molecule has 2 rings (SSSR count). The van der Waals surface area contributed by atoms with Crippen LogP contribution in [0.3, 0.4) is 0 Å². The SMILES string of the molecule is C[C@@H]1CCC[C@@H](C)[NH+]1C[C@H](O)COCc1ccc(Cl)cc1. The highest BCUT2D eigenvalue weighted by molar-refractivity contribution is 6.30. The van der Waals surface area contributed by atoms with Gasteiger partial charge >= 0.3 is 0 Å². The van der Waals surface area contributed by atoms with Crippen LogP contribution in [0.15, 0.2) is 24.3 Å². The molecule has 1 aromatic rings. The fourth-order valence-electron chi connectivity index (χ4n) is 3.21. The molecule has 0 unspecified atom stereocenters. The summed E-state index contributed by atoms with van der Waals surface area (Å²) < 4.78 is 5.63. The Morgan fingerprint density at radius 2 is 1.86 bits per heavy atom. The summed E-state index contributed by atoms with van der Waals surface area (Å²) in [5.74, 6) is 0. The Morgan fingerprint density at radius 3 is 2.48 bits per heavy atom. The highest BCUT2D eigenvalue weighted by Crippen LogP contribution is 2.10. The van der Waals surface area contributed by atoms with Crippen LogP contribution in [-0.4, -0.2) is 36.4 Å². The molecule has 0 spiro atoms. The Hall–Kier alpha value is -0.610. The third-order valence-electron chi connectivity index (χ3n) is 4.50. The number of aliphatic hydroxyl groups is 1. The molecule has 0 aromatic heterocycles. The lowest BCUT2D eigenvalue weighted by Gasteiger charge is -2.36. The van der Waals surface area contributed by atoms with Crippen LogP contribution in [-0.2, 0) is 11.3 Å². The van der Waals surface area contributed by atoms with E-state index in [1.54, 1.807) is 0 Å². The van der Waals surface area contributed by atoms with E-state index in [9.17, 15) is 5.11 Å². The van der Waals surface area contributed by atoms with E-state index in [-0.39, 0.29) is 0 Å². The van der Waals surface area contributed by atoms with Crippen LogP contribution in [0.2, 0.25) is 5.02 Å². The second-order valence-corrected chi connectivity index (χ2v) is 6.74. The third-order valence-corrected chi connectivity index (χ3v) is 4.76. The molecule has 0 amide bonds. The highest BCUT2D eigenvalue weighted by Gasteiger charge is 2.30. The summed E-state index contributed by atoms with van der Waals surface area (Å²) >= 11 is 5.85. The fourth-order valence-corrected chi connectivity index (χ4v) is 3.34. The molecule has 0 bridgehead atoms. The average Bonchev–Trinajstić information content (AvgIpc) is 2.45.